The van der Waals surface area contributed by atoms with Gasteiger partial charge in [0.25, 0.3) is 0 Å². The normalized spacial score (nSPS) is 15.4. The van der Waals surface area contributed by atoms with E-state index >= 15 is 0 Å². The Hall–Kier alpha value is -1.22. The summed E-state index contributed by atoms with van der Waals surface area (Å²) in [5.41, 5.74) is 1.03. The van der Waals surface area contributed by atoms with Crippen LogP contribution in [0.15, 0.2) is 29.2 Å². The highest BCUT2D eigenvalue weighted by Crippen LogP contribution is 2.45. The number of thioether (sulfide) groups is 1. The van der Waals surface area contributed by atoms with Crippen LogP contribution in [0.25, 0.3) is 10.8 Å². The Bertz CT molecular complexity index is 632. The maximum absolute atomic E-state index is 14.2. The summed E-state index contributed by atoms with van der Waals surface area (Å²) in [7, 11) is 0. The van der Waals surface area contributed by atoms with Crippen molar-refractivity contribution in [2.75, 3.05) is 0 Å². The van der Waals surface area contributed by atoms with Gasteiger partial charge in [-0.05, 0) is 47.9 Å². The zero-order valence-electron chi connectivity index (χ0n) is 11.1. The lowest BCUT2D eigenvalue weighted by atomic mass is 9.95. The van der Waals surface area contributed by atoms with Crippen LogP contribution >= 0.6 is 11.8 Å². The second-order valence-electron chi connectivity index (χ2n) is 5.48. The number of phenols is 1. The van der Waals surface area contributed by atoms with Crippen molar-refractivity contribution in [3.8, 4) is 5.75 Å². The van der Waals surface area contributed by atoms with Crippen molar-refractivity contribution >= 4 is 22.5 Å². The monoisotopic (exact) mass is 276 g/mol. The largest absolute Gasteiger partial charge is 0.508 e. The number of benzene rings is 2. The van der Waals surface area contributed by atoms with Gasteiger partial charge in [-0.2, -0.15) is 0 Å². The van der Waals surface area contributed by atoms with E-state index in [2.05, 4.69) is 13.8 Å². The SMILES string of the molecule is CC(C)c1cc(O)cc2ccc(F)c(SC3CC3)c12. The van der Waals surface area contributed by atoms with Gasteiger partial charge < -0.3 is 5.11 Å². The van der Waals surface area contributed by atoms with Crippen molar-refractivity contribution in [3.05, 3.63) is 35.6 Å². The van der Waals surface area contributed by atoms with Gasteiger partial charge in [0.15, 0.2) is 0 Å². The maximum Gasteiger partial charge on any atom is 0.137 e. The number of fused-ring (bicyclic) bond motifs is 1. The molecular weight excluding hydrogens is 259 g/mol. The molecule has 19 heavy (non-hydrogen) atoms. The quantitative estimate of drug-likeness (QED) is 0.845. The molecule has 0 atom stereocenters. The van der Waals surface area contributed by atoms with Gasteiger partial charge in [0.1, 0.15) is 11.6 Å². The Morgan fingerprint density at radius 3 is 2.63 bits per heavy atom. The van der Waals surface area contributed by atoms with E-state index in [1.54, 1.807) is 30.0 Å². The molecule has 1 aliphatic carbocycles. The first kappa shape index (κ1) is 12.8. The average Bonchev–Trinajstić information content (AvgIpc) is 3.15. The number of rotatable bonds is 3. The molecule has 3 heteroatoms. The van der Waals surface area contributed by atoms with Gasteiger partial charge in [-0.3, -0.25) is 0 Å². The molecule has 0 heterocycles. The van der Waals surface area contributed by atoms with Crippen molar-refractivity contribution < 1.29 is 9.50 Å². The van der Waals surface area contributed by atoms with Crippen LogP contribution in [0.2, 0.25) is 0 Å². The fraction of sp³-hybridized carbons (Fsp3) is 0.375. The predicted octanol–water partition coefficient (Wildman–Crippen LogP) is 5.06. The van der Waals surface area contributed by atoms with E-state index < -0.39 is 0 Å². The number of hydrogen-bond donors (Lipinski definition) is 1. The molecule has 1 saturated carbocycles. The number of phenolic OH excluding ortho intramolecular Hbond substituents is 1. The van der Waals surface area contributed by atoms with E-state index in [9.17, 15) is 9.50 Å². The fourth-order valence-corrected chi connectivity index (χ4v) is 3.59. The topological polar surface area (TPSA) is 20.2 Å². The highest BCUT2D eigenvalue weighted by atomic mass is 32.2. The minimum atomic E-state index is -0.142. The van der Waals surface area contributed by atoms with Crippen LogP contribution < -0.4 is 0 Å². The van der Waals surface area contributed by atoms with Gasteiger partial charge >= 0.3 is 0 Å². The molecule has 2 aromatic carbocycles. The Kier molecular flexibility index (Phi) is 3.17. The molecule has 0 unspecified atom stereocenters. The van der Waals surface area contributed by atoms with Gasteiger partial charge in [0.05, 0.1) is 4.90 Å². The van der Waals surface area contributed by atoms with E-state index in [1.807, 2.05) is 0 Å². The smallest absolute Gasteiger partial charge is 0.137 e. The predicted molar refractivity (Wildman–Crippen MR) is 78.5 cm³/mol. The summed E-state index contributed by atoms with van der Waals surface area (Å²) in [6.45, 7) is 4.15. The molecule has 0 aliphatic heterocycles. The molecule has 0 bridgehead atoms. The number of aromatic hydroxyl groups is 1. The number of hydrogen-bond acceptors (Lipinski definition) is 2. The van der Waals surface area contributed by atoms with E-state index in [-0.39, 0.29) is 17.5 Å². The molecule has 1 N–H and O–H groups in total. The van der Waals surface area contributed by atoms with Crippen LogP contribution in [-0.4, -0.2) is 10.4 Å². The first-order valence-electron chi connectivity index (χ1n) is 6.68. The molecule has 0 spiro atoms. The standard InChI is InChI=1S/C16H17FOS/c1-9(2)13-8-11(18)7-10-3-6-14(17)16(15(10)13)19-12-4-5-12/h3,6-9,12,18H,4-5H2,1-2H3. The van der Waals surface area contributed by atoms with E-state index in [0.717, 1.165) is 21.2 Å². The van der Waals surface area contributed by atoms with Gasteiger partial charge in [-0.15, -0.1) is 11.8 Å². The van der Waals surface area contributed by atoms with Crippen molar-refractivity contribution in [1.29, 1.82) is 0 Å². The third-order valence-electron chi connectivity index (χ3n) is 3.47. The zero-order valence-corrected chi connectivity index (χ0v) is 11.9. The summed E-state index contributed by atoms with van der Waals surface area (Å²) in [6, 6.07) is 6.75. The van der Waals surface area contributed by atoms with Gasteiger partial charge in [0, 0.05) is 10.6 Å². The number of halogens is 1. The molecule has 0 amide bonds. The van der Waals surface area contributed by atoms with Gasteiger partial charge in [-0.1, -0.05) is 19.9 Å². The van der Waals surface area contributed by atoms with Crippen LogP contribution in [0.5, 0.6) is 5.75 Å². The van der Waals surface area contributed by atoms with Crippen LogP contribution in [0.3, 0.4) is 0 Å². The lowest BCUT2D eigenvalue weighted by Crippen LogP contribution is -1.94. The van der Waals surface area contributed by atoms with Crippen molar-refractivity contribution in [1.82, 2.24) is 0 Å². The average molecular weight is 276 g/mol. The highest BCUT2D eigenvalue weighted by Gasteiger charge is 2.26. The fourth-order valence-electron chi connectivity index (χ4n) is 2.35. The summed E-state index contributed by atoms with van der Waals surface area (Å²) in [6.07, 6.45) is 2.35. The Balaban J connectivity index is 2.28. The van der Waals surface area contributed by atoms with Gasteiger partial charge in [-0.25, -0.2) is 4.39 Å². The second kappa shape index (κ2) is 4.71. The molecule has 1 aliphatic rings. The molecule has 2 aromatic rings. The molecule has 0 saturated heterocycles. The summed E-state index contributed by atoms with van der Waals surface area (Å²) >= 11 is 1.65. The lowest BCUT2D eigenvalue weighted by molar-refractivity contribution is 0.475. The molecule has 1 nitrogen and oxygen atoms in total. The minimum absolute atomic E-state index is 0.142. The Morgan fingerprint density at radius 1 is 1.26 bits per heavy atom. The third kappa shape index (κ3) is 2.44. The summed E-state index contributed by atoms with van der Waals surface area (Å²) in [5.74, 6) is 0.372. The zero-order chi connectivity index (χ0) is 13.6. The first-order chi connectivity index (χ1) is 9.06. The Morgan fingerprint density at radius 2 is 2.00 bits per heavy atom. The molecule has 3 rings (SSSR count). The maximum atomic E-state index is 14.2. The highest BCUT2D eigenvalue weighted by molar-refractivity contribution is 8.00. The van der Waals surface area contributed by atoms with Crippen LogP contribution in [0.1, 0.15) is 38.2 Å². The molecule has 100 valence electrons. The summed E-state index contributed by atoms with van der Waals surface area (Å²) in [4.78, 5) is 0.753. The van der Waals surface area contributed by atoms with Crippen molar-refractivity contribution in [2.24, 2.45) is 0 Å². The first-order valence-corrected chi connectivity index (χ1v) is 7.56. The van der Waals surface area contributed by atoms with E-state index in [1.165, 1.54) is 18.9 Å². The third-order valence-corrected chi connectivity index (χ3v) is 4.91. The lowest BCUT2D eigenvalue weighted by Gasteiger charge is -2.15. The van der Waals surface area contributed by atoms with Crippen LogP contribution in [0.4, 0.5) is 4.39 Å². The van der Waals surface area contributed by atoms with Crippen molar-refractivity contribution in [3.63, 3.8) is 0 Å². The molecule has 0 aromatic heterocycles. The summed E-state index contributed by atoms with van der Waals surface area (Å²) in [5, 5.41) is 12.3. The summed E-state index contributed by atoms with van der Waals surface area (Å²) < 4.78 is 14.2. The molecular formula is C16H17FOS. The van der Waals surface area contributed by atoms with Crippen LogP contribution in [-0.2, 0) is 0 Å². The second-order valence-corrected chi connectivity index (χ2v) is 6.79. The van der Waals surface area contributed by atoms with Crippen LogP contribution in [0, 0.1) is 5.82 Å². The molecule has 1 fully saturated rings. The van der Waals surface area contributed by atoms with Gasteiger partial charge in [0.2, 0.25) is 0 Å². The van der Waals surface area contributed by atoms with E-state index in [0.29, 0.717) is 5.25 Å². The van der Waals surface area contributed by atoms with E-state index in [4.69, 9.17) is 0 Å². The Labute approximate surface area is 116 Å². The minimum Gasteiger partial charge on any atom is -0.508 e. The molecule has 0 radical (unpaired) electrons. The van der Waals surface area contributed by atoms with Crippen molar-refractivity contribution in [2.45, 2.75) is 42.8 Å².